The van der Waals surface area contributed by atoms with Crippen LogP contribution in [0.1, 0.15) is 6.42 Å². The minimum atomic E-state index is -0.223. The molecule has 1 fully saturated rings. The Labute approximate surface area is 110 Å². The number of Topliss-reactive ketones (excluding diaryl/α,β-unsaturated/α-hetero) is 1. The minimum absolute atomic E-state index is 0.0589. The second-order valence-electron chi connectivity index (χ2n) is 4.08. The third kappa shape index (κ3) is 2.33. The van der Waals surface area contributed by atoms with Gasteiger partial charge in [0, 0.05) is 12.1 Å². The summed E-state index contributed by atoms with van der Waals surface area (Å²) in [6.45, 7) is 0.0808. The molecule has 0 saturated carbocycles. The van der Waals surface area contributed by atoms with Gasteiger partial charge >= 0.3 is 0 Å². The maximum atomic E-state index is 11.7. The number of rotatable bonds is 4. The van der Waals surface area contributed by atoms with Crippen LogP contribution in [0.15, 0.2) is 12.1 Å². The van der Waals surface area contributed by atoms with E-state index >= 15 is 0 Å². The van der Waals surface area contributed by atoms with Crippen LogP contribution >= 0.6 is 0 Å². The highest BCUT2D eigenvalue weighted by Crippen LogP contribution is 2.41. The SMILES string of the molecule is COc1cc(N2CC(=O)CC2=O)cc(OC)c1OC. The summed E-state index contributed by atoms with van der Waals surface area (Å²) in [4.78, 5) is 24.5. The van der Waals surface area contributed by atoms with Crippen molar-refractivity contribution in [2.24, 2.45) is 0 Å². The molecule has 1 amide bonds. The summed E-state index contributed by atoms with van der Waals surface area (Å²) < 4.78 is 15.6. The molecule has 0 N–H and O–H groups in total. The molecule has 0 spiro atoms. The van der Waals surface area contributed by atoms with E-state index in [9.17, 15) is 9.59 Å². The van der Waals surface area contributed by atoms with Crippen LogP contribution in [0.3, 0.4) is 0 Å². The van der Waals surface area contributed by atoms with Crippen LogP contribution in [-0.4, -0.2) is 39.6 Å². The van der Waals surface area contributed by atoms with Gasteiger partial charge in [0.2, 0.25) is 11.7 Å². The predicted octanol–water partition coefficient (Wildman–Crippen LogP) is 1.02. The third-order valence-electron chi connectivity index (χ3n) is 2.95. The summed E-state index contributed by atoms with van der Waals surface area (Å²) in [6, 6.07) is 3.30. The Hall–Kier alpha value is -2.24. The van der Waals surface area contributed by atoms with Crippen LogP contribution in [0, 0.1) is 0 Å². The number of ether oxygens (including phenoxy) is 3. The van der Waals surface area contributed by atoms with Gasteiger partial charge in [0.25, 0.3) is 0 Å². The maximum absolute atomic E-state index is 11.7. The molecule has 6 nitrogen and oxygen atoms in total. The van der Waals surface area contributed by atoms with E-state index in [1.807, 2.05) is 0 Å². The molecule has 0 aromatic heterocycles. The topological polar surface area (TPSA) is 65.1 Å². The second kappa shape index (κ2) is 5.17. The maximum Gasteiger partial charge on any atom is 0.234 e. The number of amides is 1. The molecule has 1 aromatic carbocycles. The molecule has 1 saturated heterocycles. The Bertz CT molecular complexity index is 501. The van der Waals surface area contributed by atoms with Gasteiger partial charge in [-0.2, -0.15) is 0 Å². The van der Waals surface area contributed by atoms with Crippen LogP contribution in [0.2, 0.25) is 0 Å². The first-order valence-electron chi connectivity index (χ1n) is 5.72. The Balaban J connectivity index is 2.47. The molecule has 0 radical (unpaired) electrons. The predicted molar refractivity (Wildman–Crippen MR) is 68.1 cm³/mol. The zero-order chi connectivity index (χ0) is 14.0. The summed E-state index contributed by atoms with van der Waals surface area (Å²) in [5.74, 6) is 1.03. The minimum Gasteiger partial charge on any atom is -0.493 e. The van der Waals surface area contributed by atoms with Gasteiger partial charge in [-0.05, 0) is 0 Å². The number of benzene rings is 1. The number of hydrogen-bond donors (Lipinski definition) is 0. The van der Waals surface area contributed by atoms with E-state index in [2.05, 4.69) is 0 Å². The summed E-state index contributed by atoms with van der Waals surface area (Å²) in [6.07, 6.45) is -0.0589. The zero-order valence-electron chi connectivity index (χ0n) is 11.1. The van der Waals surface area contributed by atoms with Gasteiger partial charge in [-0.25, -0.2) is 0 Å². The highest BCUT2D eigenvalue weighted by molar-refractivity contribution is 6.15. The molecule has 1 aliphatic rings. The van der Waals surface area contributed by atoms with Gasteiger partial charge < -0.3 is 19.1 Å². The zero-order valence-corrected chi connectivity index (χ0v) is 11.1. The van der Waals surface area contributed by atoms with Crippen LogP contribution < -0.4 is 19.1 Å². The van der Waals surface area contributed by atoms with E-state index in [0.29, 0.717) is 22.9 Å². The van der Waals surface area contributed by atoms with Crippen molar-refractivity contribution in [2.75, 3.05) is 32.8 Å². The summed E-state index contributed by atoms with van der Waals surface area (Å²) in [7, 11) is 4.50. The largest absolute Gasteiger partial charge is 0.493 e. The van der Waals surface area contributed by atoms with Crippen molar-refractivity contribution in [3.8, 4) is 17.2 Å². The average molecular weight is 265 g/mol. The molecule has 0 unspecified atom stereocenters. The monoisotopic (exact) mass is 265 g/mol. The van der Waals surface area contributed by atoms with E-state index in [0.717, 1.165) is 0 Å². The fourth-order valence-electron chi connectivity index (χ4n) is 2.04. The quantitative estimate of drug-likeness (QED) is 0.760. The Morgan fingerprint density at radius 1 is 1.00 bits per heavy atom. The Morgan fingerprint density at radius 3 is 1.95 bits per heavy atom. The number of ketones is 1. The second-order valence-corrected chi connectivity index (χ2v) is 4.08. The number of anilines is 1. The molecule has 1 aromatic rings. The van der Waals surface area contributed by atoms with Crippen molar-refractivity contribution in [1.29, 1.82) is 0 Å². The smallest absolute Gasteiger partial charge is 0.234 e. The van der Waals surface area contributed by atoms with Crippen molar-refractivity contribution >= 4 is 17.4 Å². The van der Waals surface area contributed by atoms with E-state index in [1.54, 1.807) is 12.1 Å². The van der Waals surface area contributed by atoms with Crippen LogP contribution in [0.4, 0.5) is 5.69 Å². The summed E-state index contributed by atoms with van der Waals surface area (Å²) >= 11 is 0. The molecule has 102 valence electrons. The highest BCUT2D eigenvalue weighted by atomic mass is 16.5. The van der Waals surface area contributed by atoms with E-state index in [1.165, 1.54) is 26.2 Å². The van der Waals surface area contributed by atoms with Crippen LogP contribution in [0.25, 0.3) is 0 Å². The lowest BCUT2D eigenvalue weighted by atomic mass is 10.2. The first kappa shape index (κ1) is 13.2. The molecule has 2 rings (SSSR count). The molecule has 1 aliphatic heterocycles. The third-order valence-corrected chi connectivity index (χ3v) is 2.95. The lowest BCUT2D eigenvalue weighted by molar-refractivity contribution is -0.121. The molecule has 19 heavy (non-hydrogen) atoms. The molecule has 0 aliphatic carbocycles. The summed E-state index contributed by atoms with van der Waals surface area (Å²) in [5, 5.41) is 0. The van der Waals surface area contributed by atoms with Gasteiger partial charge in [-0.1, -0.05) is 0 Å². The number of carbonyl (C=O) groups is 2. The molecule has 0 atom stereocenters. The number of hydrogen-bond acceptors (Lipinski definition) is 5. The first-order chi connectivity index (χ1) is 9.10. The van der Waals surface area contributed by atoms with Gasteiger partial charge in [0.05, 0.1) is 40.0 Å². The Morgan fingerprint density at radius 2 is 1.58 bits per heavy atom. The van der Waals surface area contributed by atoms with Gasteiger partial charge in [-0.3, -0.25) is 9.59 Å². The fourth-order valence-corrected chi connectivity index (χ4v) is 2.04. The Kier molecular flexibility index (Phi) is 3.59. The van der Waals surface area contributed by atoms with Crippen LogP contribution in [-0.2, 0) is 9.59 Å². The first-order valence-corrected chi connectivity index (χ1v) is 5.72. The fraction of sp³-hybridized carbons (Fsp3) is 0.385. The molecular weight excluding hydrogens is 250 g/mol. The number of nitrogens with zero attached hydrogens (tertiary/aromatic N) is 1. The van der Waals surface area contributed by atoms with Crippen molar-refractivity contribution in [3.05, 3.63) is 12.1 Å². The summed E-state index contributed by atoms with van der Waals surface area (Å²) in [5.41, 5.74) is 0.561. The number of carbonyl (C=O) groups excluding carboxylic acids is 2. The molecular formula is C13H15NO5. The normalized spacial score (nSPS) is 14.8. The molecule has 0 bridgehead atoms. The molecule has 1 heterocycles. The number of methoxy groups -OCH3 is 3. The molecule has 6 heteroatoms. The highest BCUT2D eigenvalue weighted by Gasteiger charge is 2.30. The van der Waals surface area contributed by atoms with Crippen molar-refractivity contribution in [1.82, 2.24) is 0 Å². The lowest BCUT2D eigenvalue weighted by Crippen LogP contribution is -2.24. The van der Waals surface area contributed by atoms with E-state index in [4.69, 9.17) is 14.2 Å². The van der Waals surface area contributed by atoms with Gasteiger partial charge in [0.1, 0.15) is 0 Å². The van der Waals surface area contributed by atoms with Crippen molar-refractivity contribution < 1.29 is 23.8 Å². The van der Waals surface area contributed by atoms with Crippen molar-refractivity contribution in [2.45, 2.75) is 6.42 Å². The van der Waals surface area contributed by atoms with E-state index in [-0.39, 0.29) is 24.7 Å². The standard InChI is InChI=1S/C13H15NO5/c1-17-10-4-8(5-11(18-2)13(10)19-3)14-7-9(15)6-12(14)16/h4-5H,6-7H2,1-3H3. The van der Waals surface area contributed by atoms with E-state index < -0.39 is 0 Å². The van der Waals surface area contributed by atoms with Crippen LogP contribution in [0.5, 0.6) is 17.2 Å². The van der Waals surface area contributed by atoms with Gasteiger partial charge in [0.15, 0.2) is 17.3 Å². The lowest BCUT2D eigenvalue weighted by Gasteiger charge is -2.19. The average Bonchev–Trinajstić information content (AvgIpc) is 2.75. The van der Waals surface area contributed by atoms with Crippen molar-refractivity contribution in [3.63, 3.8) is 0 Å². The van der Waals surface area contributed by atoms with Gasteiger partial charge in [-0.15, -0.1) is 0 Å².